The van der Waals surface area contributed by atoms with Crippen LogP contribution in [-0.4, -0.2) is 37.5 Å². The van der Waals surface area contributed by atoms with E-state index < -0.39 is 29.3 Å². The number of carbonyl (C=O) groups excluding carboxylic acids is 2. The summed E-state index contributed by atoms with van der Waals surface area (Å²) in [6.07, 6.45) is 0. The number of rotatable bonds is 8. The molecule has 0 amide bonds. The van der Waals surface area contributed by atoms with Crippen molar-refractivity contribution in [3.05, 3.63) is 131 Å². The maximum absolute atomic E-state index is 14.8. The largest absolute Gasteiger partial charge is 0.497 e. The van der Waals surface area contributed by atoms with Crippen LogP contribution in [0, 0.1) is 17.3 Å². The van der Waals surface area contributed by atoms with Crippen LogP contribution in [-0.2, 0) is 0 Å². The first-order valence-electron chi connectivity index (χ1n) is 14.3. The van der Waals surface area contributed by atoms with Gasteiger partial charge in [-0.1, -0.05) is 84.9 Å². The van der Waals surface area contributed by atoms with E-state index in [1.54, 1.807) is 62.8 Å². The molecule has 2 heterocycles. The number of nitrogens with one attached hydrogen (secondary N) is 1. The van der Waals surface area contributed by atoms with Crippen molar-refractivity contribution in [1.29, 1.82) is 0 Å². The van der Waals surface area contributed by atoms with Gasteiger partial charge in [0.2, 0.25) is 0 Å². The van der Waals surface area contributed by atoms with Gasteiger partial charge in [-0.3, -0.25) is 9.59 Å². The lowest BCUT2D eigenvalue weighted by atomic mass is 9.53. The van der Waals surface area contributed by atoms with Crippen molar-refractivity contribution < 1.29 is 19.1 Å². The molecule has 0 radical (unpaired) electrons. The third-order valence-electron chi connectivity index (χ3n) is 8.75. The summed E-state index contributed by atoms with van der Waals surface area (Å²) in [4.78, 5) is 29.6. The van der Waals surface area contributed by atoms with Crippen molar-refractivity contribution in [3.63, 3.8) is 0 Å². The van der Waals surface area contributed by atoms with Crippen LogP contribution < -0.4 is 26.3 Å². The van der Waals surface area contributed by atoms with E-state index in [4.69, 9.17) is 20.9 Å². The highest BCUT2D eigenvalue weighted by Gasteiger charge is 2.66. The minimum Gasteiger partial charge on any atom is -0.497 e. The van der Waals surface area contributed by atoms with Gasteiger partial charge in [0.05, 0.1) is 26.1 Å². The van der Waals surface area contributed by atoms with Crippen LogP contribution in [0.15, 0.2) is 119 Å². The summed E-state index contributed by atoms with van der Waals surface area (Å²) in [5.41, 5.74) is 14.5. The second-order valence-electron chi connectivity index (χ2n) is 10.9. The Labute approximate surface area is 255 Å². The fourth-order valence-electron chi connectivity index (χ4n) is 6.63. The van der Waals surface area contributed by atoms with E-state index in [9.17, 15) is 9.59 Å². The maximum Gasteiger partial charge on any atom is 0.169 e. The molecule has 0 aromatic heterocycles. The number of hydrogen-bond donors (Lipinski definition) is 3. The topological polar surface area (TPSA) is 141 Å². The molecule has 2 aliphatic rings. The summed E-state index contributed by atoms with van der Waals surface area (Å²) in [6, 6.07) is 31.5. The fraction of sp³-hybridized carbons (Fsp3) is 0.200. The Morgan fingerprint density at radius 1 is 0.614 bits per heavy atom. The summed E-state index contributed by atoms with van der Waals surface area (Å²) >= 11 is 0. The standard InChI is InChI=1S/C35H33N5O4/c1-43-25-17-13-21(14-18-25)29-27(31(41)23-9-5-3-6-10-23)35(33(36)39-40-34(35)37)28(32(42)24-11-7-4-8-12-24)30(38-29)22-15-19-26(44-2)20-16-22/h3-20,27-30,38H,1-2H3,(H2,36,39)(H2,37,40). The molecule has 4 unspecified atom stereocenters. The van der Waals surface area contributed by atoms with Gasteiger partial charge in [-0.25, -0.2) is 0 Å². The van der Waals surface area contributed by atoms with E-state index in [-0.39, 0.29) is 23.2 Å². The van der Waals surface area contributed by atoms with Crippen LogP contribution in [0.4, 0.5) is 0 Å². The molecule has 6 rings (SSSR count). The second kappa shape index (κ2) is 11.8. The quantitative estimate of drug-likeness (QED) is 0.253. The molecule has 9 nitrogen and oxygen atoms in total. The lowest BCUT2D eigenvalue weighted by molar-refractivity contribution is 0.0471. The van der Waals surface area contributed by atoms with E-state index in [2.05, 4.69) is 15.5 Å². The first-order chi connectivity index (χ1) is 21.4. The normalized spacial score (nSPS) is 22.1. The number of ketones is 2. The zero-order valence-electron chi connectivity index (χ0n) is 24.4. The van der Waals surface area contributed by atoms with Crippen LogP contribution in [0.25, 0.3) is 0 Å². The summed E-state index contributed by atoms with van der Waals surface area (Å²) < 4.78 is 10.8. The van der Waals surface area contributed by atoms with Gasteiger partial charge in [0.15, 0.2) is 11.6 Å². The lowest BCUT2D eigenvalue weighted by Crippen LogP contribution is -2.67. The molecular weight excluding hydrogens is 554 g/mol. The van der Waals surface area contributed by atoms with Crippen molar-refractivity contribution >= 4 is 23.2 Å². The van der Waals surface area contributed by atoms with E-state index in [1.807, 2.05) is 60.7 Å². The summed E-state index contributed by atoms with van der Waals surface area (Å²) in [5, 5.41) is 12.2. The molecule has 44 heavy (non-hydrogen) atoms. The summed E-state index contributed by atoms with van der Waals surface area (Å²) in [5.74, 6) is -1.07. The Balaban J connectivity index is 1.64. The Morgan fingerprint density at radius 3 is 1.32 bits per heavy atom. The first kappa shape index (κ1) is 28.8. The number of carbonyl (C=O) groups is 2. The molecule has 0 saturated carbocycles. The van der Waals surface area contributed by atoms with Gasteiger partial charge in [-0.2, -0.15) is 0 Å². The predicted molar refractivity (Wildman–Crippen MR) is 169 cm³/mol. The molecule has 222 valence electrons. The minimum atomic E-state index is -1.56. The molecular formula is C35H33N5O4. The Hall–Kier alpha value is -5.28. The molecule has 5 N–H and O–H groups in total. The number of piperidine rings is 1. The molecule has 4 atom stereocenters. The van der Waals surface area contributed by atoms with Crippen molar-refractivity contribution in [2.75, 3.05) is 14.2 Å². The number of Topliss-reactive ketones (excluding diaryl/α,β-unsaturated/α-hetero) is 2. The van der Waals surface area contributed by atoms with Gasteiger partial charge < -0.3 is 26.3 Å². The summed E-state index contributed by atoms with van der Waals surface area (Å²) in [7, 11) is 3.19. The number of nitrogens with two attached hydrogens (primary N) is 2. The Morgan fingerprint density at radius 2 is 0.977 bits per heavy atom. The van der Waals surface area contributed by atoms with Crippen LogP contribution in [0.5, 0.6) is 11.5 Å². The zero-order valence-corrected chi connectivity index (χ0v) is 24.4. The fourth-order valence-corrected chi connectivity index (χ4v) is 6.63. The van der Waals surface area contributed by atoms with E-state index in [0.29, 0.717) is 22.6 Å². The van der Waals surface area contributed by atoms with Gasteiger partial charge in [0, 0.05) is 23.2 Å². The molecule has 0 bridgehead atoms. The molecule has 1 spiro atoms. The molecule has 1 fully saturated rings. The number of nitrogens with zero attached hydrogens (tertiary/aromatic N) is 2. The van der Waals surface area contributed by atoms with Crippen molar-refractivity contribution in [2.45, 2.75) is 12.1 Å². The molecule has 4 aromatic rings. The third kappa shape index (κ3) is 4.71. The van der Waals surface area contributed by atoms with E-state index >= 15 is 0 Å². The predicted octanol–water partition coefficient (Wildman–Crippen LogP) is 4.72. The molecule has 2 aliphatic heterocycles. The van der Waals surface area contributed by atoms with Crippen LogP contribution in [0.3, 0.4) is 0 Å². The maximum atomic E-state index is 14.8. The van der Waals surface area contributed by atoms with Gasteiger partial charge in [0.25, 0.3) is 0 Å². The van der Waals surface area contributed by atoms with Gasteiger partial charge in [-0.15, -0.1) is 10.2 Å². The van der Waals surface area contributed by atoms with Crippen molar-refractivity contribution in [3.8, 4) is 11.5 Å². The minimum absolute atomic E-state index is 0.0251. The number of hydrogen-bond acceptors (Lipinski definition) is 9. The van der Waals surface area contributed by atoms with Gasteiger partial charge >= 0.3 is 0 Å². The monoisotopic (exact) mass is 587 g/mol. The number of benzene rings is 4. The zero-order chi connectivity index (χ0) is 30.8. The SMILES string of the molecule is COc1ccc(C2NC(c3ccc(OC)cc3)C(C(=O)c3ccccc3)C3(C(N)=NN=C3N)C2C(=O)c2ccccc2)cc1. The highest BCUT2D eigenvalue weighted by atomic mass is 16.5. The average molecular weight is 588 g/mol. The van der Waals surface area contributed by atoms with Crippen LogP contribution in [0.2, 0.25) is 0 Å². The number of amidine groups is 2. The smallest absolute Gasteiger partial charge is 0.169 e. The highest BCUT2D eigenvalue weighted by molar-refractivity contribution is 6.21. The van der Waals surface area contributed by atoms with Crippen LogP contribution >= 0.6 is 0 Å². The second-order valence-corrected chi connectivity index (χ2v) is 10.9. The molecule has 0 aliphatic carbocycles. The van der Waals surface area contributed by atoms with E-state index in [1.165, 1.54) is 0 Å². The lowest BCUT2D eigenvalue weighted by Gasteiger charge is -2.53. The molecule has 4 aromatic carbocycles. The third-order valence-corrected chi connectivity index (χ3v) is 8.75. The van der Waals surface area contributed by atoms with Crippen LogP contribution in [0.1, 0.15) is 43.9 Å². The van der Waals surface area contributed by atoms with Gasteiger partial charge in [-0.05, 0) is 35.4 Å². The Kier molecular flexibility index (Phi) is 7.71. The number of ether oxygens (including phenoxy) is 2. The van der Waals surface area contributed by atoms with Crippen molar-refractivity contribution in [1.82, 2.24) is 5.32 Å². The van der Waals surface area contributed by atoms with E-state index in [0.717, 1.165) is 11.1 Å². The number of methoxy groups -OCH3 is 2. The highest BCUT2D eigenvalue weighted by Crippen LogP contribution is 2.56. The molecule has 1 saturated heterocycles. The molecule has 9 heteroatoms. The summed E-state index contributed by atoms with van der Waals surface area (Å²) in [6.45, 7) is 0. The average Bonchev–Trinajstić information content (AvgIpc) is 3.37. The Bertz CT molecular complexity index is 1590. The van der Waals surface area contributed by atoms with Gasteiger partial charge in [0.1, 0.15) is 28.6 Å². The first-order valence-corrected chi connectivity index (χ1v) is 14.3. The van der Waals surface area contributed by atoms with Crippen molar-refractivity contribution in [2.24, 2.45) is 38.9 Å².